The highest BCUT2D eigenvalue weighted by atomic mass is 16.2. The number of anilines is 1. The molecule has 66 valence electrons. The lowest BCUT2D eigenvalue weighted by atomic mass is 10.4. The Morgan fingerprint density at radius 2 is 2.17 bits per heavy atom. The summed E-state index contributed by atoms with van der Waals surface area (Å²) in [6, 6.07) is 0. The first kappa shape index (κ1) is 8.51. The maximum Gasteiger partial charge on any atom is 0.277 e. The molecule has 0 unspecified atom stereocenters. The van der Waals surface area contributed by atoms with Gasteiger partial charge < -0.3 is 10.6 Å². The molecule has 0 bridgehead atoms. The van der Waals surface area contributed by atoms with Gasteiger partial charge in [0.05, 0.1) is 0 Å². The zero-order chi connectivity index (χ0) is 9.30. The number of rotatable bonds is 1. The molecule has 1 aromatic rings. The van der Waals surface area contributed by atoms with Crippen molar-refractivity contribution in [1.82, 2.24) is 19.9 Å². The number of hydrogen-bond donors (Lipinski definition) is 1. The van der Waals surface area contributed by atoms with Gasteiger partial charge in [-0.3, -0.25) is 4.79 Å². The van der Waals surface area contributed by atoms with Crippen molar-refractivity contribution in [3.8, 4) is 0 Å². The fourth-order valence-corrected chi connectivity index (χ4v) is 0.729. The number of aryl methyl sites for hydroxylation is 1. The maximum atomic E-state index is 11.3. The Balaban J connectivity index is 3.04. The summed E-state index contributed by atoms with van der Waals surface area (Å²) in [5.74, 6) is 0.0503. The molecule has 6 heteroatoms. The molecule has 0 atom stereocenters. The van der Waals surface area contributed by atoms with E-state index in [0.717, 1.165) is 0 Å². The summed E-state index contributed by atoms with van der Waals surface area (Å²) < 4.78 is 1.36. The summed E-state index contributed by atoms with van der Waals surface area (Å²) in [4.78, 5) is 12.7. The number of carbonyl (C=O) groups excluding carboxylic acids is 1. The Morgan fingerprint density at radius 3 is 2.50 bits per heavy atom. The zero-order valence-corrected chi connectivity index (χ0v) is 7.27. The quantitative estimate of drug-likeness (QED) is 0.591. The van der Waals surface area contributed by atoms with Gasteiger partial charge in [0.15, 0.2) is 11.5 Å². The van der Waals surface area contributed by atoms with Crippen LogP contribution in [0.25, 0.3) is 0 Å². The number of hydrogen-bond acceptors (Lipinski definition) is 4. The second-order valence-corrected chi connectivity index (χ2v) is 2.65. The largest absolute Gasteiger partial charge is 0.382 e. The van der Waals surface area contributed by atoms with Crippen LogP contribution in [-0.2, 0) is 7.05 Å². The Morgan fingerprint density at radius 1 is 1.58 bits per heavy atom. The smallest absolute Gasteiger partial charge is 0.277 e. The maximum absolute atomic E-state index is 11.3. The molecule has 12 heavy (non-hydrogen) atoms. The van der Waals surface area contributed by atoms with E-state index in [-0.39, 0.29) is 17.4 Å². The van der Waals surface area contributed by atoms with Crippen LogP contribution in [0.5, 0.6) is 0 Å². The Kier molecular flexibility index (Phi) is 1.99. The average Bonchev–Trinajstić information content (AvgIpc) is 2.32. The summed E-state index contributed by atoms with van der Waals surface area (Å²) in [7, 11) is 4.90. The molecule has 0 spiro atoms. The molecule has 0 saturated carbocycles. The van der Waals surface area contributed by atoms with Gasteiger partial charge >= 0.3 is 0 Å². The molecule has 0 aliphatic carbocycles. The van der Waals surface area contributed by atoms with Crippen molar-refractivity contribution in [3.63, 3.8) is 0 Å². The van der Waals surface area contributed by atoms with Crippen LogP contribution in [0.3, 0.4) is 0 Å². The lowest BCUT2D eigenvalue weighted by molar-refractivity contribution is 0.0823. The van der Waals surface area contributed by atoms with Crippen molar-refractivity contribution in [2.24, 2.45) is 7.05 Å². The molecule has 0 fully saturated rings. The second kappa shape index (κ2) is 2.80. The van der Waals surface area contributed by atoms with Crippen LogP contribution < -0.4 is 5.73 Å². The van der Waals surface area contributed by atoms with Crippen molar-refractivity contribution < 1.29 is 4.79 Å². The number of nitrogens with zero attached hydrogens (tertiary/aromatic N) is 4. The molecule has 0 aliphatic heterocycles. The van der Waals surface area contributed by atoms with E-state index in [0.29, 0.717) is 0 Å². The van der Waals surface area contributed by atoms with Crippen molar-refractivity contribution in [1.29, 1.82) is 0 Å². The Bertz CT molecular complexity index is 303. The van der Waals surface area contributed by atoms with E-state index in [1.807, 2.05) is 0 Å². The first-order valence-electron chi connectivity index (χ1n) is 3.41. The molecular formula is C6H11N5O. The highest BCUT2D eigenvalue weighted by Gasteiger charge is 2.16. The third kappa shape index (κ3) is 1.23. The van der Waals surface area contributed by atoms with E-state index >= 15 is 0 Å². The van der Waals surface area contributed by atoms with E-state index in [2.05, 4.69) is 10.3 Å². The Labute approximate surface area is 69.9 Å². The summed E-state index contributed by atoms with van der Waals surface area (Å²) in [5, 5.41) is 7.25. The third-order valence-electron chi connectivity index (χ3n) is 1.48. The van der Waals surface area contributed by atoms with Crippen LogP contribution in [0.1, 0.15) is 10.5 Å². The molecule has 0 aromatic carbocycles. The first-order chi connectivity index (χ1) is 5.54. The van der Waals surface area contributed by atoms with E-state index in [1.54, 1.807) is 21.1 Å². The molecule has 1 heterocycles. The van der Waals surface area contributed by atoms with Crippen LogP contribution in [0.4, 0.5) is 5.82 Å². The summed E-state index contributed by atoms with van der Waals surface area (Å²) >= 11 is 0. The topological polar surface area (TPSA) is 77.0 Å². The average molecular weight is 169 g/mol. The SMILES string of the molecule is CN(C)C(=O)c1nnn(C)c1N. The normalized spacial score (nSPS) is 9.92. The number of aromatic nitrogens is 3. The fraction of sp³-hybridized carbons (Fsp3) is 0.500. The number of amides is 1. The predicted molar refractivity (Wildman–Crippen MR) is 43.4 cm³/mol. The zero-order valence-electron chi connectivity index (χ0n) is 7.27. The second-order valence-electron chi connectivity index (χ2n) is 2.65. The molecule has 0 aliphatic rings. The molecule has 1 amide bonds. The van der Waals surface area contributed by atoms with Crippen molar-refractivity contribution >= 4 is 11.7 Å². The molecule has 6 nitrogen and oxygen atoms in total. The Hall–Kier alpha value is -1.59. The fourth-order valence-electron chi connectivity index (χ4n) is 0.729. The van der Waals surface area contributed by atoms with Gasteiger partial charge in [0.25, 0.3) is 5.91 Å². The van der Waals surface area contributed by atoms with Crippen molar-refractivity contribution in [3.05, 3.63) is 5.69 Å². The molecule has 0 saturated heterocycles. The van der Waals surface area contributed by atoms with Gasteiger partial charge in [-0.25, -0.2) is 4.68 Å². The first-order valence-corrected chi connectivity index (χ1v) is 3.41. The van der Waals surface area contributed by atoms with Crippen LogP contribution in [0.2, 0.25) is 0 Å². The lowest BCUT2D eigenvalue weighted by Gasteiger charge is -2.07. The van der Waals surface area contributed by atoms with Gasteiger partial charge in [-0.1, -0.05) is 5.21 Å². The van der Waals surface area contributed by atoms with E-state index in [9.17, 15) is 4.79 Å². The molecule has 1 aromatic heterocycles. The van der Waals surface area contributed by atoms with E-state index < -0.39 is 0 Å². The third-order valence-corrected chi connectivity index (χ3v) is 1.48. The number of nitrogen functional groups attached to an aromatic ring is 1. The van der Waals surface area contributed by atoms with Crippen LogP contribution >= 0.6 is 0 Å². The molecule has 0 radical (unpaired) electrons. The van der Waals surface area contributed by atoms with Gasteiger partial charge in [-0.05, 0) is 0 Å². The van der Waals surface area contributed by atoms with Crippen LogP contribution in [-0.4, -0.2) is 39.9 Å². The lowest BCUT2D eigenvalue weighted by Crippen LogP contribution is -2.23. The summed E-state index contributed by atoms with van der Waals surface area (Å²) in [5.41, 5.74) is 5.73. The minimum atomic E-state index is -0.236. The van der Waals surface area contributed by atoms with Crippen LogP contribution in [0, 0.1) is 0 Å². The van der Waals surface area contributed by atoms with Gasteiger partial charge in [0.2, 0.25) is 0 Å². The van der Waals surface area contributed by atoms with Crippen molar-refractivity contribution in [2.45, 2.75) is 0 Å². The van der Waals surface area contributed by atoms with Gasteiger partial charge in [0.1, 0.15) is 0 Å². The monoisotopic (exact) mass is 169 g/mol. The standard InChI is InChI=1S/C6H11N5O/c1-10(2)6(12)4-5(7)11(3)9-8-4/h7H2,1-3H3. The summed E-state index contributed by atoms with van der Waals surface area (Å²) in [6.07, 6.45) is 0. The van der Waals surface area contributed by atoms with Crippen molar-refractivity contribution in [2.75, 3.05) is 19.8 Å². The summed E-state index contributed by atoms with van der Waals surface area (Å²) in [6.45, 7) is 0. The highest BCUT2D eigenvalue weighted by molar-refractivity contribution is 5.95. The van der Waals surface area contributed by atoms with E-state index in [1.165, 1.54) is 9.58 Å². The van der Waals surface area contributed by atoms with Gasteiger partial charge in [-0.2, -0.15) is 0 Å². The minimum absolute atomic E-state index is 0.197. The molecular weight excluding hydrogens is 158 g/mol. The highest BCUT2D eigenvalue weighted by Crippen LogP contribution is 2.06. The number of nitrogens with two attached hydrogens (primary N) is 1. The van der Waals surface area contributed by atoms with E-state index in [4.69, 9.17) is 5.73 Å². The number of carbonyl (C=O) groups is 1. The molecule has 1 rings (SSSR count). The molecule has 2 N–H and O–H groups in total. The minimum Gasteiger partial charge on any atom is -0.382 e. The predicted octanol–water partition coefficient (Wildman–Crippen LogP) is -0.901. The van der Waals surface area contributed by atoms with Crippen LogP contribution in [0.15, 0.2) is 0 Å². The van der Waals surface area contributed by atoms with Gasteiger partial charge in [0, 0.05) is 21.1 Å². The van der Waals surface area contributed by atoms with Gasteiger partial charge in [-0.15, -0.1) is 5.10 Å².